The molecule has 4 heteroatoms. The van der Waals surface area contributed by atoms with Gasteiger partial charge in [-0.1, -0.05) is 30.3 Å². The molecule has 1 N–H and O–H groups in total. The summed E-state index contributed by atoms with van der Waals surface area (Å²) in [6.45, 7) is 4.24. The number of carbonyl (C=O) groups is 1. The highest BCUT2D eigenvalue weighted by Gasteiger charge is 2.44. The van der Waals surface area contributed by atoms with Gasteiger partial charge >= 0.3 is 0 Å². The highest BCUT2D eigenvalue weighted by atomic mass is 16.5. The molecular weight excluding hydrogens is 312 g/mol. The molecule has 0 radical (unpaired) electrons. The molecule has 1 saturated carbocycles. The lowest BCUT2D eigenvalue weighted by Gasteiger charge is -2.39. The topological polar surface area (TPSA) is 41.6 Å². The third kappa shape index (κ3) is 4.42. The van der Waals surface area contributed by atoms with Crippen LogP contribution in [0.15, 0.2) is 30.3 Å². The third-order valence-corrected chi connectivity index (χ3v) is 6.08. The second-order valence-corrected chi connectivity index (χ2v) is 8.10. The van der Waals surface area contributed by atoms with Gasteiger partial charge in [0.1, 0.15) is 6.10 Å². The van der Waals surface area contributed by atoms with Gasteiger partial charge in [0.2, 0.25) is 5.91 Å². The molecule has 2 aliphatic heterocycles. The smallest absolute Gasteiger partial charge is 0.249 e. The van der Waals surface area contributed by atoms with Gasteiger partial charge in [-0.05, 0) is 56.4 Å². The normalized spacial score (nSPS) is 26.0. The van der Waals surface area contributed by atoms with E-state index in [0.717, 1.165) is 51.1 Å². The molecule has 1 amide bonds. The molecule has 1 aromatic rings. The summed E-state index contributed by atoms with van der Waals surface area (Å²) < 4.78 is 6.28. The molecule has 1 atom stereocenters. The van der Waals surface area contributed by atoms with E-state index in [2.05, 4.69) is 22.3 Å². The van der Waals surface area contributed by atoms with Crippen LogP contribution in [0.2, 0.25) is 0 Å². The highest BCUT2D eigenvalue weighted by Crippen LogP contribution is 2.40. The number of benzene rings is 1. The minimum Gasteiger partial charge on any atom is -0.362 e. The molecule has 1 aromatic carbocycles. The van der Waals surface area contributed by atoms with Crippen LogP contribution in [0.5, 0.6) is 0 Å². The average molecular weight is 342 g/mol. The fourth-order valence-electron chi connectivity index (χ4n) is 4.26. The molecule has 4 rings (SSSR count). The number of rotatable bonds is 6. The van der Waals surface area contributed by atoms with Gasteiger partial charge in [0.15, 0.2) is 0 Å². The Morgan fingerprint density at radius 2 is 1.88 bits per heavy atom. The fraction of sp³-hybridized carbons (Fsp3) is 0.667. The zero-order valence-corrected chi connectivity index (χ0v) is 15.1. The van der Waals surface area contributed by atoms with Crippen LogP contribution >= 0.6 is 0 Å². The first-order valence-electron chi connectivity index (χ1n) is 9.94. The van der Waals surface area contributed by atoms with E-state index in [1.165, 1.54) is 24.9 Å². The van der Waals surface area contributed by atoms with Crippen molar-refractivity contribution in [1.29, 1.82) is 0 Å². The lowest BCUT2D eigenvalue weighted by Crippen LogP contribution is -2.46. The molecule has 0 unspecified atom stereocenters. The first-order valence-corrected chi connectivity index (χ1v) is 9.94. The monoisotopic (exact) mass is 342 g/mol. The van der Waals surface area contributed by atoms with E-state index >= 15 is 0 Å². The van der Waals surface area contributed by atoms with E-state index in [1.54, 1.807) is 0 Å². The van der Waals surface area contributed by atoms with E-state index < -0.39 is 0 Å². The zero-order valence-electron chi connectivity index (χ0n) is 15.1. The van der Waals surface area contributed by atoms with Gasteiger partial charge in [-0.25, -0.2) is 0 Å². The van der Waals surface area contributed by atoms with Gasteiger partial charge < -0.3 is 15.0 Å². The molecule has 3 aliphatic rings. The number of likely N-dealkylation sites (tertiary alicyclic amines) is 1. The third-order valence-electron chi connectivity index (χ3n) is 6.08. The predicted octanol–water partition coefficient (Wildman–Crippen LogP) is 2.77. The number of amides is 1. The van der Waals surface area contributed by atoms with E-state index in [4.69, 9.17) is 4.74 Å². The van der Waals surface area contributed by atoms with Gasteiger partial charge in [0, 0.05) is 26.2 Å². The van der Waals surface area contributed by atoms with Gasteiger partial charge in [0.05, 0.1) is 5.60 Å². The summed E-state index contributed by atoms with van der Waals surface area (Å²) in [4.78, 5) is 15.0. The quantitative estimate of drug-likeness (QED) is 0.864. The standard InChI is InChI=1S/C21H30N2O2/c24-20(22-13-9-17-4-2-1-3-5-17)19-8-10-21(25-19)11-14-23(15-12-21)16-18-6-7-18/h1-5,18-19H,6-16H2,(H,22,24)/t19-/m1/s1. The summed E-state index contributed by atoms with van der Waals surface area (Å²) in [5, 5.41) is 3.06. The Bertz CT molecular complexity index is 577. The molecule has 0 bridgehead atoms. The molecule has 3 fully saturated rings. The van der Waals surface area contributed by atoms with Crippen molar-refractivity contribution < 1.29 is 9.53 Å². The van der Waals surface area contributed by atoms with Gasteiger partial charge in [-0.15, -0.1) is 0 Å². The minimum absolute atomic E-state index is 0.0263. The molecule has 4 nitrogen and oxygen atoms in total. The number of piperidine rings is 1. The van der Waals surface area contributed by atoms with Crippen molar-refractivity contribution in [1.82, 2.24) is 10.2 Å². The average Bonchev–Trinajstić information content (AvgIpc) is 3.36. The Balaban J connectivity index is 1.20. The van der Waals surface area contributed by atoms with Crippen LogP contribution in [0.4, 0.5) is 0 Å². The van der Waals surface area contributed by atoms with Crippen molar-refractivity contribution in [3.63, 3.8) is 0 Å². The fourth-order valence-corrected chi connectivity index (χ4v) is 4.26. The maximum absolute atomic E-state index is 12.4. The SMILES string of the molecule is O=C(NCCc1ccccc1)[C@H]1CCC2(CCN(CC3CC3)CC2)O1. The Hall–Kier alpha value is -1.39. The summed E-state index contributed by atoms with van der Waals surface area (Å²) >= 11 is 0. The Labute approximate surface area is 150 Å². The molecule has 136 valence electrons. The van der Waals surface area contributed by atoms with Gasteiger partial charge in [-0.2, -0.15) is 0 Å². The highest BCUT2D eigenvalue weighted by molar-refractivity contribution is 5.81. The number of nitrogens with one attached hydrogen (secondary N) is 1. The maximum Gasteiger partial charge on any atom is 0.249 e. The van der Waals surface area contributed by atoms with Crippen molar-refractivity contribution in [2.45, 2.75) is 56.7 Å². The maximum atomic E-state index is 12.4. The van der Waals surface area contributed by atoms with E-state index in [9.17, 15) is 4.79 Å². The molecule has 2 saturated heterocycles. The minimum atomic E-state index is -0.245. The van der Waals surface area contributed by atoms with E-state index in [-0.39, 0.29) is 17.6 Å². The molecule has 2 heterocycles. The van der Waals surface area contributed by atoms with Crippen molar-refractivity contribution in [2.24, 2.45) is 5.92 Å². The van der Waals surface area contributed by atoms with Crippen LogP contribution in [0.3, 0.4) is 0 Å². The first kappa shape index (κ1) is 17.0. The predicted molar refractivity (Wildman–Crippen MR) is 98.4 cm³/mol. The lowest BCUT2D eigenvalue weighted by atomic mass is 9.88. The van der Waals surface area contributed by atoms with Crippen LogP contribution in [-0.4, -0.2) is 48.7 Å². The molecular formula is C21H30N2O2. The molecule has 25 heavy (non-hydrogen) atoms. The van der Waals surface area contributed by atoms with Crippen molar-refractivity contribution in [2.75, 3.05) is 26.2 Å². The molecule has 1 aliphatic carbocycles. The van der Waals surface area contributed by atoms with E-state index in [0.29, 0.717) is 6.54 Å². The second-order valence-electron chi connectivity index (χ2n) is 8.10. The van der Waals surface area contributed by atoms with Crippen molar-refractivity contribution in [3.05, 3.63) is 35.9 Å². The molecule has 0 aromatic heterocycles. The van der Waals surface area contributed by atoms with Gasteiger partial charge in [0.25, 0.3) is 0 Å². The molecule has 1 spiro atoms. The van der Waals surface area contributed by atoms with Crippen LogP contribution in [0.25, 0.3) is 0 Å². The zero-order chi connectivity index (χ0) is 17.1. The summed E-state index contributed by atoms with van der Waals surface area (Å²) in [5.74, 6) is 1.04. The largest absolute Gasteiger partial charge is 0.362 e. The summed E-state index contributed by atoms with van der Waals surface area (Å²) in [7, 11) is 0. The number of carbonyl (C=O) groups excluding carboxylic acids is 1. The summed E-state index contributed by atoms with van der Waals surface area (Å²) in [6, 6.07) is 10.3. The first-order chi connectivity index (χ1) is 12.2. The van der Waals surface area contributed by atoms with Crippen molar-refractivity contribution in [3.8, 4) is 0 Å². The van der Waals surface area contributed by atoms with Crippen LogP contribution in [0, 0.1) is 5.92 Å². The number of hydrogen-bond acceptors (Lipinski definition) is 3. The second kappa shape index (κ2) is 7.46. The number of nitrogens with zero attached hydrogens (tertiary/aromatic N) is 1. The Morgan fingerprint density at radius 3 is 2.60 bits per heavy atom. The van der Waals surface area contributed by atoms with E-state index in [1.807, 2.05) is 18.2 Å². The lowest BCUT2D eigenvalue weighted by molar-refractivity contribution is -0.140. The summed E-state index contributed by atoms with van der Waals surface area (Å²) in [6.07, 6.45) is 7.57. The van der Waals surface area contributed by atoms with Crippen LogP contribution in [-0.2, 0) is 16.0 Å². The van der Waals surface area contributed by atoms with Crippen LogP contribution < -0.4 is 5.32 Å². The van der Waals surface area contributed by atoms with Gasteiger partial charge in [-0.3, -0.25) is 4.79 Å². The Morgan fingerprint density at radius 1 is 1.12 bits per heavy atom. The van der Waals surface area contributed by atoms with Crippen molar-refractivity contribution >= 4 is 5.91 Å². The number of ether oxygens (including phenoxy) is 1. The van der Waals surface area contributed by atoms with Crippen LogP contribution in [0.1, 0.15) is 44.1 Å². The summed E-state index contributed by atoms with van der Waals surface area (Å²) in [5.41, 5.74) is 1.23. The number of hydrogen-bond donors (Lipinski definition) is 1. The Kier molecular flexibility index (Phi) is 5.09.